The van der Waals surface area contributed by atoms with E-state index in [9.17, 15) is 4.79 Å². The fraction of sp³-hybridized carbons (Fsp3) is 0.111. The van der Waals surface area contributed by atoms with Gasteiger partial charge in [0.2, 0.25) is 0 Å². The van der Waals surface area contributed by atoms with Crippen molar-refractivity contribution in [1.29, 1.82) is 0 Å². The standard InChI is InChI=1S/C9H9N3OS/c1-5-6(2-3-14-5)8(13)7-4-11-12-9(7)10/h2-4H,1H3,(H3,10,11,12). The molecule has 0 spiro atoms. The Hall–Kier alpha value is -1.62. The lowest BCUT2D eigenvalue weighted by Crippen LogP contribution is -2.03. The molecule has 2 aromatic heterocycles. The summed E-state index contributed by atoms with van der Waals surface area (Å²) in [6, 6.07) is 1.80. The number of nitrogens with one attached hydrogen (secondary N) is 1. The fourth-order valence-electron chi connectivity index (χ4n) is 1.24. The van der Waals surface area contributed by atoms with Crippen LogP contribution in [0.15, 0.2) is 17.6 Å². The van der Waals surface area contributed by atoms with Crippen LogP contribution in [0.25, 0.3) is 0 Å². The third-order valence-electron chi connectivity index (χ3n) is 2.02. The van der Waals surface area contributed by atoms with Crippen LogP contribution in [0.2, 0.25) is 0 Å². The highest BCUT2D eigenvalue weighted by Crippen LogP contribution is 2.20. The maximum atomic E-state index is 11.9. The molecule has 3 N–H and O–H groups in total. The van der Waals surface area contributed by atoms with Crippen molar-refractivity contribution in [1.82, 2.24) is 10.2 Å². The van der Waals surface area contributed by atoms with Crippen molar-refractivity contribution >= 4 is 22.9 Å². The Bertz CT molecular complexity index is 430. The summed E-state index contributed by atoms with van der Waals surface area (Å²) in [5.41, 5.74) is 6.70. The number of hydrogen-bond donors (Lipinski definition) is 2. The maximum absolute atomic E-state index is 11.9. The first-order valence-corrected chi connectivity index (χ1v) is 4.95. The lowest BCUT2D eigenvalue weighted by molar-refractivity contribution is 0.103. The average Bonchev–Trinajstić information content (AvgIpc) is 2.73. The smallest absolute Gasteiger partial charge is 0.199 e. The molecule has 0 radical (unpaired) electrons. The molecule has 14 heavy (non-hydrogen) atoms. The number of H-pyrrole nitrogens is 1. The number of anilines is 1. The lowest BCUT2D eigenvalue weighted by Gasteiger charge is -1.97. The summed E-state index contributed by atoms with van der Waals surface area (Å²) in [6.07, 6.45) is 1.45. The molecule has 4 nitrogen and oxygen atoms in total. The first kappa shape index (κ1) is 8.96. The molecule has 5 heteroatoms. The van der Waals surface area contributed by atoms with Gasteiger partial charge >= 0.3 is 0 Å². The number of aromatic amines is 1. The van der Waals surface area contributed by atoms with Gasteiger partial charge in [0.1, 0.15) is 5.82 Å². The Morgan fingerprint density at radius 1 is 1.57 bits per heavy atom. The summed E-state index contributed by atoms with van der Waals surface area (Å²) in [4.78, 5) is 12.9. The Morgan fingerprint density at radius 3 is 2.86 bits per heavy atom. The van der Waals surface area contributed by atoms with E-state index in [0.29, 0.717) is 16.9 Å². The summed E-state index contributed by atoms with van der Waals surface area (Å²) in [7, 11) is 0. The van der Waals surface area contributed by atoms with Crippen LogP contribution in [0.4, 0.5) is 5.82 Å². The molecule has 0 aromatic carbocycles. The van der Waals surface area contributed by atoms with Crippen LogP contribution in [0.5, 0.6) is 0 Å². The number of rotatable bonds is 2. The van der Waals surface area contributed by atoms with Crippen molar-refractivity contribution in [3.8, 4) is 0 Å². The predicted molar refractivity (Wildman–Crippen MR) is 55.5 cm³/mol. The minimum atomic E-state index is -0.0741. The largest absolute Gasteiger partial charge is 0.383 e. The fourth-order valence-corrected chi connectivity index (χ4v) is 1.94. The molecular weight excluding hydrogens is 198 g/mol. The molecule has 72 valence electrons. The monoisotopic (exact) mass is 207 g/mol. The molecule has 0 amide bonds. The molecule has 0 atom stereocenters. The molecule has 0 aliphatic carbocycles. The van der Waals surface area contributed by atoms with Gasteiger partial charge in [-0.05, 0) is 18.4 Å². The average molecular weight is 207 g/mol. The second-order valence-electron chi connectivity index (χ2n) is 2.92. The number of hydrogen-bond acceptors (Lipinski definition) is 4. The zero-order chi connectivity index (χ0) is 10.1. The number of carbonyl (C=O) groups excluding carboxylic acids is 1. The van der Waals surface area contributed by atoms with Crippen LogP contribution in [-0.4, -0.2) is 16.0 Å². The molecular formula is C9H9N3OS. The molecule has 0 saturated carbocycles. The van der Waals surface area contributed by atoms with Crippen LogP contribution >= 0.6 is 11.3 Å². The van der Waals surface area contributed by atoms with E-state index in [-0.39, 0.29) is 5.78 Å². The van der Waals surface area contributed by atoms with Crippen LogP contribution in [0, 0.1) is 6.92 Å². The van der Waals surface area contributed by atoms with Crippen molar-refractivity contribution in [3.63, 3.8) is 0 Å². The molecule has 0 bridgehead atoms. The van der Waals surface area contributed by atoms with Crippen molar-refractivity contribution < 1.29 is 4.79 Å². The number of aromatic nitrogens is 2. The van der Waals surface area contributed by atoms with E-state index in [1.54, 1.807) is 17.4 Å². The van der Waals surface area contributed by atoms with Gasteiger partial charge in [0.15, 0.2) is 5.78 Å². The molecule has 0 saturated heterocycles. The normalized spacial score (nSPS) is 10.4. The first-order chi connectivity index (χ1) is 6.70. The zero-order valence-corrected chi connectivity index (χ0v) is 8.39. The Morgan fingerprint density at radius 2 is 2.36 bits per heavy atom. The number of aryl methyl sites for hydroxylation is 1. The second-order valence-corrected chi connectivity index (χ2v) is 4.04. The van der Waals surface area contributed by atoms with Gasteiger partial charge in [-0.25, -0.2) is 0 Å². The summed E-state index contributed by atoms with van der Waals surface area (Å²) in [5, 5.41) is 8.14. The third kappa shape index (κ3) is 1.31. The molecule has 0 fully saturated rings. The van der Waals surface area contributed by atoms with Gasteiger partial charge in [0.05, 0.1) is 11.8 Å². The molecule has 2 heterocycles. The number of thiophene rings is 1. The summed E-state index contributed by atoms with van der Waals surface area (Å²) < 4.78 is 0. The minimum absolute atomic E-state index is 0.0741. The van der Waals surface area contributed by atoms with E-state index in [4.69, 9.17) is 5.73 Å². The Kier molecular flexibility index (Phi) is 2.09. The van der Waals surface area contributed by atoms with E-state index in [0.717, 1.165) is 4.88 Å². The van der Waals surface area contributed by atoms with Gasteiger partial charge in [0, 0.05) is 10.4 Å². The van der Waals surface area contributed by atoms with E-state index in [1.165, 1.54) is 6.20 Å². The van der Waals surface area contributed by atoms with Gasteiger partial charge in [-0.3, -0.25) is 9.89 Å². The summed E-state index contributed by atoms with van der Waals surface area (Å²) in [5.74, 6) is 0.246. The zero-order valence-electron chi connectivity index (χ0n) is 7.57. The van der Waals surface area contributed by atoms with Gasteiger partial charge in [0.25, 0.3) is 0 Å². The molecule has 0 aliphatic heterocycles. The van der Waals surface area contributed by atoms with Crippen LogP contribution in [0.1, 0.15) is 20.8 Å². The summed E-state index contributed by atoms with van der Waals surface area (Å²) >= 11 is 1.54. The SMILES string of the molecule is Cc1sccc1C(=O)c1cn[nH]c1N. The number of ketones is 1. The van der Waals surface area contributed by atoms with E-state index in [2.05, 4.69) is 10.2 Å². The quantitative estimate of drug-likeness (QED) is 0.734. The minimum Gasteiger partial charge on any atom is -0.383 e. The van der Waals surface area contributed by atoms with Crippen molar-refractivity contribution in [2.75, 3.05) is 5.73 Å². The van der Waals surface area contributed by atoms with E-state index >= 15 is 0 Å². The highest BCUT2D eigenvalue weighted by atomic mass is 32.1. The van der Waals surface area contributed by atoms with Gasteiger partial charge in [-0.15, -0.1) is 11.3 Å². The first-order valence-electron chi connectivity index (χ1n) is 4.08. The topological polar surface area (TPSA) is 71.8 Å². The van der Waals surface area contributed by atoms with Crippen LogP contribution in [-0.2, 0) is 0 Å². The third-order valence-corrected chi connectivity index (χ3v) is 2.86. The number of nitrogens with two attached hydrogens (primary N) is 1. The van der Waals surface area contributed by atoms with Gasteiger partial charge < -0.3 is 5.73 Å². The van der Waals surface area contributed by atoms with Crippen LogP contribution in [0.3, 0.4) is 0 Å². The summed E-state index contributed by atoms with van der Waals surface area (Å²) in [6.45, 7) is 1.91. The molecule has 2 rings (SSSR count). The van der Waals surface area contributed by atoms with Crippen molar-refractivity contribution in [2.45, 2.75) is 6.92 Å². The number of carbonyl (C=O) groups is 1. The molecule has 0 unspecified atom stereocenters. The highest BCUT2D eigenvalue weighted by Gasteiger charge is 2.16. The lowest BCUT2D eigenvalue weighted by atomic mass is 10.1. The second kappa shape index (κ2) is 3.26. The van der Waals surface area contributed by atoms with Gasteiger partial charge in [-0.1, -0.05) is 0 Å². The van der Waals surface area contributed by atoms with Crippen LogP contribution < -0.4 is 5.73 Å². The maximum Gasteiger partial charge on any atom is 0.199 e. The Labute approximate surface area is 84.8 Å². The molecule has 0 aliphatic rings. The van der Waals surface area contributed by atoms with E-state index < -0.39 is 0 Å². The predicted octanol–water partition coefficient (Wildman–Crippen LogP) is 1.59. The Balaban J connectivity index is 2.44. The van der Waals surface area contributed by atoms with Gasteiger partial charge in [-0.2, -0.15) is 5.10 Å². The highest BCUT2D eigenvalue weighted by molar-refractivity contribution is 7.10. The van der Waals surface area contributed by atoms with Crippen molar-refractivity contribution in [3.05, 3.63) is 33.6 Å². The van der Waals surface area contributed by atoms with E-state index in [1.807, 2.05) is 12.3 Å². The number of nitrogens with zero attached hydrogens (tertiary/aromatic N) is 1. The molecule has 2 aromatic rings. The number of nitrogen functional groups attached to an aromatic ring is 1. The van der Waals surface area contributed by atoms with Crippen molar-refractivity contribution in [2.24, 2.45) is 0 Å².